The van der Waals surface area contributed by atoms with Crippen LogP contribution in [0.3, 0.4) is 0 Å². The van der Waals surface area contributed by atoms with E-state index >= 15 is 0 Å². The van der Waals surface area contributed by atoms with Crippen molar-refractivity contribution in [1.29, 1.82) is 0 Å². The number of nitrogens with one attached hydrogen (secondary N) is 1. The van der Waals surface area contributed by atoms with Crippen molar-refractivity contribution in [2.75, 3.05) is 20.2 Å². The van der Waals surface area contributed by atoms with Crippen molar-refractivity contribution in [3.63, 3.8) is 0 Å². The Morgan fingerprint density at radius 2 is 1.85 bits per heavy atom. The fourth-order valence-corrected chi connectivity index (χ4v) is 4.20. The fourth-order valence-electron chi connectivity index (χ4n) is 4.20. The topological polar surface area (TPSA) is 21.3 Å². The van der Waals surface area contributed by atoms with Crippen LogP contribution in [0, 0.1) is 11.8 Å². The Labute approximate surface area is 122 Å². The van der Waals surface area contributed by atoms with Gasteiger partial charge in [-0.3, -0.25) is 0 Å². The van der Waals surface area contributed by atoms with Crippen molar-refractivity contribution in [1.82, 2.24) is 5.32 Å². The number of hydrogen-bond acceptors (Lipinski definition) is 2. The van der Waals surface area contributed by atoms with E-state index in [1.54, 1.807) is 12.7 Å². The molecule has 20 heavy (non-hydrogen) atoms. The number of methoxy groups -OCH3 is 1. The lowest BCUT2D eigenvalue weighted by molar-refractivity contribution is 0.185. The lowest BCUT2D eigenvalue weighted by Gasteiger charge is -2.36. The zero-order valence-corrected chi connectivity index (χ0v) is 12.6. The van der Waals surface area contributed by atoms with Gasteiger partial charge in [0, 0.05) is 7.11 Å². The second kappa shape index (κ2) is 6.73. The SMILES string of the molecule is COCc1ccc(C2CCNCC2C2CCCC2)cc1. The number of rotatable bonds is 4. The van der Waals surface area contributed by atoms with Gasteiger partial charge in [-0.15, -0.1) is 0 Å². The first-order valence-corrected chi connectivity index (χ1v) is 8.17. The third kappa shape index (κ3) is 3.07. The van der Waals surface area contributed by atoms with E-state index in [0.29, 0.717) is 0 Å². The molecule has 1 aliphatic carbocycles. The van der Waals surface area contributed by atoms with Crippen LogP contribution in [0.4, 0.5) is 0 Å². The van der Waals surface area contributed by atoms with E-state index in [0.717, 1.165) is 24.4 Å². The Hall–Kier alpha value is -0.860. The van der Waals surface area contributed by atoms with Gasteiger partial charge in [0.05, 0.1) is 6.61 Å². The van der Waals surface area contributed by atoms with Crippen LogP contribution >= 0.6 is 0 Å². The Morgan fingerprint density at radius 1 is 1.10 bits per heavy atom. The normalized spacial score (nSPS) is 27.9. The first-order chi connectivity index (χ1) is 9.88. The van der Waals surface area contributed by atoms with E-state index in [2.05, 4.69) is 29.6 Å². The minimum Gasteiger partial charge on any atom is -0.380 e. The van der Waals surface area contributed by atoms with Crippen LogP contribution in [0.1, 0.15) is 49.1 Å². The number of piperidine rings is 1. The summed E-state index contributed by atoms with van der Waals surface area (Å²) in [5, 5.41) is 3.62. The molecule has 2 unspecified atom stereocenters. The maximum Gasteiger partial charge on any atom is 0.0713 e. The molecule has 2 heteroatoms. The second-order valence-corrected chi connectivity index (χ2v) is 6.48. The summed E-state index contributed by atoms with van der Waals surface area (Å²) in [5.74, 6) is 2.56. The highest BCUT2D eigenvalue weighted by atomic mass is 16.5. The zero-order valence-electron chi connectivity index (χ0n) is 12.6. The zero-order chi connectivity index (χ0) is 13.8. The molecule has 2 nitrogen and oxygen atoms in total. The highest BCUT2D eigenvalue weighted by Crippen LogP contribution is 2.41. The molecule has 0 amide bonds. The van der Waals surface area contributed by atoms with Crippen molar-refractivity contribution in [3.8, 4) is 0 Å². The summed E-state index contributed by atoms with van der Waals surface area (Å²) in [6.07, 6.45) is 7.08. The molecule has 2 aliphatic rings. The van der Waals surface area contributed by atoms with E-state index in [4.69, 9.17) is 4.74 Å². The molecule has 1 saturated heterocycles. The van der Waals surface area contributed by atoms with Crippen LogP contribution in [0.2, 0.25) is 0 Å². The highest BCUT2D eigenvalue weighted by molar-refractivity contribution is 5.26. The smallest absolute Gasteiger partial charge is 0.0713 e. The van der Waals surface area contributed by atoms with Gasteiger partial charge >= 0.3 is 0 Å². The van der Waals surface area contributed by atoms with E-state index in [9.17, 15) is 0 Å². The third-order valence-corrected chi connectivity index (χ3v) is 5.25. The number of ether oxygens (including phenoxy) is 1. The molecule has 110 valence electrons. The Bertz CT molecular complexity index is 408. The van der Waals surface area contributed by atoms with Gasteiger partial charge in [-0.25, -0.2) is 0 Å². The second-order valence-electron chi connectivity index (χ2n) is 6.48. The van der Waals surface area contributed by atoms with E-state index in [1.165, 1.54) is 50.8 Å². The summed E-state index contributed by atoms with van der Waals surface area (Å²) < 4.78 is 5.21. The van der Waals surface area contributed by atoms with Gasteiger partial charge < -0.3 is 10.1 Å². The average Bonchev–Trinajstić information content (AvgIpc) is 3.03. The molecule has 1 saturated carbocycles. The molecule has 1 aliphatic heterocycles. The molecular weight excluding hydrogens is 246 g/mol. The molecule has 0 spiro atoms. The highest BCUT2D eigenvalue weighted by Gasteiger charge is 2.33. The molecule has 0 bridgehead atoms. The molecule has 1 heterocycles. The maximum absolute atomic E-state index is 5.21. The molecule has 2 fully saturated rings. The van der Waals surface area contributed by atoms with Crippen LogP contribution in [-0.4, -0.2) is 20.2 Å². The van der Waals surface area contributed by atoms with Crippen LogP contribution in [-0.2, 0) is 11.3 Å². The van der Waals surface area contributed by atoms with E-state index in [1.807, 2.05) is 0 Å². The van der Waals surface area contributed by atoms with Crippen LogP contribution in [0.25, 0.3) is 0 Å². The predicted molar refractivity (Wildman–Crippen MR) is 82.8 cm³/mol. The fraction of sp³-hybridized carbons (Fsp3) is 0.667. The van der Waals surface area contributed by atoms with Crippen LogP contribution in [0.5, 0.6) is 0 Å². The molecule has 1 aromatic carbocycles. The van der Waals surface area contributed by atoms with Crippen LogP contribution in [0.15, 0.2) is 24.3 Å². The minimum atomic E-state index is 0.721. The minimum absolute atomic E-state index is 0.721. The van der Waals surface area contributed by atoms with Crippen molar-refractivity contribution < 1.29 is 4.74 Å². The van der Waals surface area contributed by atoms with Crippen molar-refractivity contribution >= 4 is 0 Å². The van der Waals surface area contributed by atoms with E-state index < -0.39 is 0 Å². The molecule has 3 rings (SSSR count). The summed E-state index contributed by atoms with van der Waals surface area (Å²) in [6.45, 7) is 3.11. The maximum atomic E-state index is 5.21. The molecule has 1 aromatic rings. The standard InChI is InChI=1S/C18H27NO/c1-20-13-14-6-8-16(9-7-14)17-10-11-19-12-18(17)15-4-2-3-5-15/h6-9,15,17-19H,2-5,10-13H2,1H3. The molecular formula is C18H27NO. The number of hydrogen-bond donors (Lipinski definition) is 1. The predicted octanol–water partition coefficient (Wildman–Crippen LogP) is 3.72. The van der Waals surface area contributed by atoms with Gasteiger partial charge in [0.1, 0.15) is 0 Å². The Balaban J connectivity index is 1.74. The van der Waals surface area contributed by atoms with Gasteiger partial charge in [0.2, 0.25) is 0 Å². The summed E-state index contributed by atoms with van der Waals surface area (Å²) in [7, 11) is 1.76. The molecule has 1 N–H and O–H groups in total. The lowest BCUT2D eigenvalue weighted by Crippen LogP contribution is -2.38. The summed E-state index contributed by atoms with van der Waals surface area (Å²) in [5.41, 5.74) is 2.82. The first-order valence-electron chi connectivity index (χ1n) is 8.17. The number of benzene rings is 1. The third-order valence-electron chi connectivity index (χ3n) is 5.25. The Morgan fingerprint density at radius 3 is 2.55 bits per heavy atom. The van der Waals surface area contributed by atoms with Crippen molar-refractivity contribution in [2.24, 2.45) is 11.8 Å². The van der Waals surface area contributed by atoms with E-state index in [-0.39, 0.29) is 0 Å². The van der Waals surface area contributed by atoms with Crippen molar-refractivity contribution in [2.45, 2.75) is 44.6 Å². The summed E-state index contributed by atoms with van der Waals surface area (Å²) in [4.78, 5) is 0. The molecule has 2 atom stereocenters. The Kier molecular flexibility index (Phi) is 4.74. The molecule has 0 aromatic heterocycles. The summed E-state index contributed by atoms with van der Waals surface area (Å²) in [6, 6.07) is 9.16. The largest absolute Gasteiger partial charge is 0.380 e. The van der Waals surface area contributed by atoms with Gasteiger partial charge in [0.15, 0.2) is 0 Å². The van der Waals surface area contributed by atoms with Gasteiger partial charge in [-0.1, -0.05) is 49.9 Å². The lowest BCUT2D eigenvalue weighted by atomic mass is 9.73. The van der Waals surface area contributed by atoms with Crippen molar-refractivity contribution in [3.05, 3.63) is 35.4 Å². The monoisotopic (exact) mass is 273 g/mol. The quantitative estimate of drug-likeness (QED) is 0.903. The van der Waals surface area contributed by atoms with Gasteiger partial charge in [-0.2, -0.15) is 0 Å². The average molecular weight is 273 g/mol. The van der Waals surface area contributed by atoms with Gasteiger partial charge in [-0.05, 0) is 48.4 Å². The summed E-state index contributed by atoms with van der Waals surface area (Å²) >= 11 is 0. The van der Waals surface area contributed by atoms with Gasteiger partial charge in [0.25, 0.3) is 0 Å². The first kappa shape index (κ1) is 14.1. The molecule has 0 radical (unpaired) electrons. The van der Waals surface area contributed by atoms with Crippen LogP contribution < -0.4 is 5.32 Å².